The Morgan fingerprint density at radius 1 is 1.45 bits per heavy atom. The molecule has 20 heavy (non-hydrogen) atoms. The van der Waals surface area contributed by atoms with E-state index in [4.69, 9.17) is 0 Å². The number of anilines is 1. The van der Waals surface area contributed by atoms with Crippen LogP contribution in [0.2, 0.25) is 0 Å². The lowest BCUT2D eigenvalue weighted by molar-refractivity contribution is 0.277. The fourth-order valence-corrected chi connectivity index (χ4v) is 3.40. The topological polar surface area (TPSA) is 49.4 Å². The Morgan fingerprint density at radius 2 is 2.20 bits per heavy atom. The Kier molecular flexibility index (Phi) is 4.65. The van der Waals surface area contributed by atoms with Crippen LogP contribution < -0.4 is 5.32 Å². The number of aryl methyl sites for hydroxylation is 1. The Balaban J connectivity index is 1.92. The number of benzene rings is 1. The molecule has 1 aliphatic heterocycles. The SMILES string of the molecule is Cc1ccc(NCC2CCCN(S(C)(=O)=O)C2)cc1F. The largest absolute Gasteiger partial charge is 0.385 e. The van der Waals surface area contributed by atoms with Crippen LogP contribution in [0, 0.1) is 18.7 Å². The summed E-state index contributed by atoms with van der Waals surface area (Å²) in [5, 5.41) is 3.19. The highest BCUT2D eigenvalue weighted by Gasteiger charge is 2.25. The number of sulfonamides is 1. The molecule has 6 heteroatoms. The second kappa shape index (κ2) is 6.10. The molecule has 0 spiro atoms. The minimum Gasteiger partial charge on any atom is -0.385 e. The average Bonchev–Trinajstić information content (AvgIpc) is 2.39. The summed E-state index contributed by atoms with van der Waals surface area (Å²) in [5.41, 5.74) is 1.36. The van der Waals surface area contributed by atoms with Gasteiger partial charge in [-0.25, -0.2) is 17.1 Å². The standard InChI is InChI=1S/C14H21FN2O2S/c1-11-5-6-13(8-14(11)15)16-9-12-4-3-7-17(10-12)20(2,18)19/h5-6,8,12,16H,3-4,7,9-10H2,1-2H3. The highest BCUT2D eigenvalue weighted by Crippen LogP contribution is 2.20. The number of piperidine rings is 1. The molecule has 1 aliphatic rings. The third kappa shape index (κ3) is 3.93. The van der Waals surface area contributed by atoms with Crippen molar-refractivity contribution >= 4 is 15.7 Å². The first-order valence-corrected chi connectivity index (χ1v) is 8.66. The molecule has 1 saturated heterocycles. The molecule has 0 aliphatic carbocycles. The molecule has 1 aromatic rings. The quantitative estimate of drug-likeness (QED) is 0.927. The first kappa shape index (κ1) is 15.3. The van der Waals surface area contributed by atoms with E-state index in [9.17, 15) is 12.8 Å². The van der Waals surface area contributed by atoms with E-state index in [-0.39, 0.29) is 11.7 Å². The van der Waals surface area contributed by atoms with Gasteiger partial charge in [0.1, 0.15) is 5.82 Å². The maximum absolute atomic E-state index is 13.4. The van der Waals surface area contributed by atoms with Crippen molar-refractivity contribution in [2.75, 3.05) is 31.2 Å². The van der Waals surface area contributed by atoms with Gasteiger partial charge in [0.25, 0.3) is 0 Å². The van der Waals surface area contributed by atoms with E-state index in [1.165, 1.54) is 16.6 Å². The van der Waals surface area contributed by atoms with Crippen molar-refractivity contribution in [2.45, 2.75) is 19.8 Å². The second-order valence-corrected chi connectivity index (χ2v) is 7.46. The van der Waals surface area contributed by atoms with E-state index < -0.39 is 10.0 Å². The number of hydrogen-bond donors (Lipinski definition) is 1. The highest BCUT2D eigenvalue weighted by molar-refractivity contribution is 7.88. The summed E-state index contributed by atoms with van der Waals surface area (Å²) >= 11 is 0. The van der Waals surface area contributed by atoms with Crippen molar-refractivity contribution in [2.24, 2.45) is 5.92 Å². The molecular weight excluding hydrogens is 279 g/mol. The van der Waals surface area contributed by atoms with E-state index in [2.05, 4.69) is 5.32 Å². The van der Waals surface area contributed by atoms with Crippen LogP contribution in [0.1, 0.15) is 18.4 Å². The third-order valence-corrected chi connectivity index (χ3v) is 4.99. The monoisotopic (exact) mass is 300 g/mol. The van der Waals surface area contributed by atoms with Crippen LogP contribution in [0.15, 0.2) is 18.2 Å². The molecule has 1 aromatic carbocycles. The van der Waals surface area contributed by atoms with Gasteiger partial charge in [-0.2, -0.15) is 0 Å². The van der Waals surface area contributed by atoms with Gasteiger partial charge in [-0.05, 0) is 43.4 Å². The number of hydrogen-bond acceptors (Lipinski definition) is 3. The molecule has 1 atom stereocenters. The Morgan fingerprint density at radius 3 is 2.85 bits per heavy atom. The van der Waals surface area contributed by atoms with Gasteiger partial charge in [0.15, 0.2) is 0 Å². The first-order valence-electron chi connectivity index (χ1n) is 6.81. The van der Waals surface area contributed by atoms with E-state index in [1.54, 1.807) is 13.0 Å². The van der Waals surface area contributed by atoms with Gasteiger partial charge >= 0.3 is 0 Å². The lowest BCUT2D eigenvalue weighted by Gasteiger charge is -2.31. The Labute approximate surface area is 120 Å². The van der Waals surface area contributed by atoms with Gasteiger partial charge in [-0.1, -0.05) is 6.07 Å². The number of halogens is 1. The fourth-order valence-electron chi connectivity index (χ4n) is 2.46. The zero-order valence-electron chi connectivity index (χ0n) is 11.9. The maximum Gasteiger partial charge on any atom is 0.211 e. The van der Waals surface area contributed by atoms with Crippen LogP contribution in [-0.2, 0) is 10.0 Å². The van der Waals surface area contributed by atoms with Gasteiger partial charge < -0.3 is 5.32 Å². The molecule has 0 amide bonds. The molecule has 1 N–H and O–H groups in total. The van der Waals surface area contributed by atoms with Crippen LogP contribution in [0.5, 0.6) is 0 Å². The predicted molar refractivity (Wildman–Crippen MR) is 78.8 cm³/mol. The Hall–Kier alpha value is -1.14. The number of nitrogens with zero attached hydrogens (tertiary/aromatic N) is 1. The van der Waals surface area contributed by atoms with Crippen LogP contribution in [0.25, 0.3) is 0 Å². The molecule has 0 aromatic heterocycles. The van der Waals surface area contributed by atoms with Crippen LogP contribution in [0.4, 0.5) is 10.1 Å². The molecule has 0 saturated carbocycles. The van der Waals surface area contributed by atoms with E-state index in [1.807, 2.05) is 6.07 Å². The smallest absolute Gasteiger partial charge is 0.211 e. The van der Waals surface area contributed by atoms with Crippen LogP contribution in [-0.4, -0.2) is 38.6 Å². The van der Waals surface area contributed by atoms with Gasteiger partial charge in [-0.3, -0.25) is 0 Å². The minimum atomic E-state index is -3.11. The zero-order valence-corrected chi connectivity index (χ0v) is 12.7. The molecule has 1 heterocycles. The van der Waals surface area contributed by atoms with Gasteiger partial charge in [-0.15, -0.1) is 0 Å². The van der Waals surface area contributed by atoms with Crippen molar-refractivity contribution in [1.82, 2.24) is 4.31 Å². The predicted octanol–water partition coefficient (Wildman–Crippen LogP) is 2.22. The molecule has 1 unspecified atom stereocenters. The molecule has 2 rings (SSSR count). The van der Waals surface area contributed by atoms with E-state index in [0.29, 0.717) is 25.2 Å². The summed E-state index contributed by atoms with van der Waals surface area (Å²) in [6.45, 7) is 3.54. The minimum absolute atomic E-state index is 0.226. The lowest BCUT2D eigenvalue weighted by atomic mass is 9.99. The van der Waals surface area contributed by atoms with Gasteiger partial charge in [0.2, 0.25) is 10.0 Å². The van der Waals surface area contributed by atoms with Crippen molar-refractivity contribution in [3.05, 3.63) is 29.6 Å². The third-order valence-electron chi connectivity index (χ3n) is 3.72. The summed E-state index contributed by atoms with van der Waals surface area (Å²) in [4.78, 5) is 0. The maximum atomic E-state index is 13.4. The summed E-state index contributed by atoms with van der Waals surface area (Å²) < 4.78 is 38.1. The summed E-state index contributed by atoms with van der Waals surface area (Å²) in [6.07, 6.45) is 3.12. The van der Waals surface area contributed by atoms with Crippen molar-refractivity contribution in [1.29, 1.82) is 0 Å². The average molecular weight is 300 g/mol. The zero-order chi connectivity index (χ0) is 14.8. The first-order chi connectivity index (χ1) is 9.36. The van der Waals surface area contributed by atoms with Gasteiger partial charge in [0, 0.05) is 25.3 Å². The fraction of sp³-hybridized carbons (Fsp3) is 0.571. The Bertz CT molecular complexity index is 575. The lowest BCUT2D eigenvalue weighted by Crippen LogP contribution is -2.41. The number of nitrogens with one attached hydrogen (secondary N) is 1. The molecule has 0 radical (unpaired) electrons. The van der Waals surface area contributed by atoms with E-state index >= 15 is 0 Å². The van der Waals surface area contributed by atoms with Crippen LogP contribution in [0.3, 0.4) is 0 Å². The summed E-state index contributed by atoms with van der Waals surface area (Å²) in [5.74, 6) is 0.0410. The molecule has 4 nitrogen and oxygen atoms in total. The number of rotatable bonds is 4. The molecule has 1 fully saturated rings. The normalized spacial score (nSPS) is 20.9. The summed E-state index contributed by atoms with van der Waals surface area (Å²) in [7, 11) is -3.11. The second-order valence-electron chi connectivity index (χ2n) is 5.47. The van der Waals surface area contributed by atoms with Crippen molar-refractivity contribution < 1.29 is 12.8 Å². The molecule has 0 bridgehead atoms. The van der Waals surface area contributed by atoms with Gasteiger partial charge in [0.05, 0.1) is 6.26 Å². The molecule has 112 valence electrons. The van der Waals surface area contributed by atoms with E-state index in [0.717, 1.165) is 18.5 Å². The molecular formula is C14H21FN2O2S. The van der Waals surface area contributed by atoms with Crippen molar-refractivity contribution in [3.63, 3.8) is 0 Å². The highest BCUT2D eigenvalue weighted by atomic mass is 32.2. The van der Waals surface area contributed by atoms with Crippen LogP contribution >= 0.6 is 0 Å². The van der Waals surface area contributed by atoms with Crippen molar-refractivity contribution in [3.8, 4) is 0 Å². The summed E-state index contributed by atoms with van der Waals surface area (Å²) in [6, 6.07) is 5.06.